The molecule has 2 fully saturated rings. The van der Waals surface area contributed by atoms with Crippen molar-refractivity contribution in [2.24, 2.45) is 10.8 Å². The first-order chi connectivity index (χ1) is 19.7. The number of rotatable bonds is 4. The van der Waals surface area contributed by atoms with Gasteiger partial charge in [-0.1, -0.05) is 38.1 Å². The number of likely N-dealkylation sites (tertiary alicyclic amines) is 1. The van der Waals surface area contributed by atoms with E-state index in [1.165, 1.54) is 24.1 Å². The summed E-state index contributed by atoms with van der Waals surface area (Å²) in [4.78, 5) is 35.9. The zero-order valence-corrected chi connectivity index (χ0v) is 24.9. The van der Waals surface area contributed by atoms with Crippen LogP contribution in [0.25, 0.3) is 0 Å². The van der Waals surface area contributed by atoms with E-state index >= 15 is 0 Å². The maximum Gasteiger partial charge on any atom is 0.253 e. The quantitative estimate of drug-likeness (QED) is 0.416. The summed E-state index contributed by atoms with van der Waals surface area (Å²) < 4.78 is 0. The third kappa shape index (κ3) is 5.25. The van der Waals surface area contributed by atoms with Crippen molar-refractivity contribution in [3.05, 3.63) is 94.3 Å². The molecule has 0 saturated carbocycles. The number of aromatic nitrogens is 1. The standard InChI is InChI=1S/C35H42N4O2/c1-24-6-5-7-25(2)30(24)32(40)37-31-29-22-26(8-9-27(29)23-34(31,3)4)33(41)39-20-14-35(15-21-39)12-18-38(19-13-35)28-10-16-36-17-11-28/h5-11,16-17,22,31H,12-15,18-21,23H2,1-4H3,(H,37,40). The summed E-state index contributed by atoms with van der Waals surface area (Å²) in [6.07, 6.45) is 9.08. The van der Waals surface area contributed by atoms with Crippen molar-refractivity contribution < 1.29 is 9.59 Å². The Morgan fingerprint density at radius 1 is 0.878 bits per heavy atom. The first-order valence-electron chi connectivity index (χ1n) is 15.1. The molecular formula is C35H42N4O2. The molecule has 2 saturated heterocycles. The normalized spacial score (nSPS) is 21.0. The molecule has 41 heavy (non-hydrogen) atoms. The van der Waals surface area contributed by atoms with Crippen molar-refractivity contribution in [2.75, 3.05) is 31.1 Å². The number of hydrogen-bond donors (Lipinski definition) is 1. The zero-order chi connectivity index (χ0) is 28.8. The summed E-state index contributed by atoms with van der Waals surface area (Å²) >= 11 is 0. The molecule has 6 nitrogen and oxygen atoms in total. The summed E-state index contributed by atoms with van der Waals surface area (Å²) in [5.41, 5.74) is 7.19. The molecule has 1 aliphatic carbocycles. The van der Waals surface area contributed by atoms with Gasteiger partial charge in [-0.3, -0.25) is 14.6 Å². The molecule has 2 aromatic carbocycles. The van der Waals surface area contributed by atoms with Gasteiger partial charge in [0.2, 0.25) is 0 Å². The number of anilines is 1. The van der Waals surface area contributed by atoms with Gasteiger partial charge in [0.1, 0.15) is 0 Å². The number of benzene rings is 2. The molecule has 1 N–H and O–H groups in total. The van der Waals surface area contributed by atoms with Crippen molar-refractivity contribution in [1.82, 2.24) is 15.2 Å². The lowest BCUT2D eigenvalue weighted by atomic mass is 9.71. The lowest BCUT2D eigenvalue weighted by Gasteiger charge is -2.47. The Hall–Kier alpha value is -3.67. The van der Waals surface area contributed by atoms with Gasteiger partial charge in [0.05, 0.1) is 6.04 Å². The van der Waals surface area contributed by atoms with Gasteiger partial charge < -0.3 is 15.1 Å². The molecule has 3 heterocycles. The maximum atomic E-state index is 13.7. The number of nitrogens with zero attached hydrogens (tertiary/aromatic N) is 3. The lowest BCUT2D eigenvalue weighted by molar-refractivity contribution is 0.0515. The molecule has 2 aliphatic heterocycles. The van der Waals surface area contributed by atoms with E-state index < -0.39 is 0 Å². The highest BCUT2D eigenvalue weighted by atomic mass is 16.2. The second-order valence-electron chi connectivity index (χ2n) is 13.2. The number of piperidine rings is 2. The predicted octanol–water partition coefficient (Wildman–Crippen LogP) is 6.27. The van der Waals surface area contributed by atoms with Crippen molar-refractivity contribution in [3.8, 4) is 0 Å². The van der Waals surface area contributed by atoms with Crippen LogP contribution in [0.5, 0.6) is 0 Å². The third-order valence-electron chi connectivity index (χ3n) is 10.1. The second kappa shape index (κ2) is 10.6. The highest BCUT2D eigenvalue weighted by Crippen LogP contribution is 2.46. The maximum absolute atomic E-state index is 13.7. The molecular weight excluding hydrogens is 508 g/mol. The van der Waals surface area contributed by atoms with Gasteiger partial charge in [-0.2, -0.15) is 0 Å². The summed E-state index contributed by atoms with van der Waals surface area (Å²) in [6.45, 7) is 12.1. The average Bonchev–Trinajstić information content (AvgIpc) is 3.22. The van der Waals surface area contributed by atoms with E-state index in [1.54, 1.807) is 0 Å². The van der Waals surface area contributed by atoms with Gasteiger partial charge >= 0.3 is 0 Å². The zero-order valence-electron chi connectivity index (χ0n) is 24.9. The predicted molar refractivity (Wildman–Crippen MR) is 163 cm³/mol. The van der Waals surface area contributed by atoms with Crippen LogP contribution >= 0.6 is 0 Å². The van der Waals surface area contributed by atoms with Gasteiger partial charge in [-0.25, -0.2) is 0 Å². The molecule has 1 spiro atoms. The first kappa shape index (κ1) is 27.5. The Morgan fingerprint density at radius 2 is 1.51 bits per heavy atom. The van der Waals surface area contributed by atoms with Crippen LogP contribution in [-0.2, 0) is 6.42 Å². The number of hydrogen-bond acceptors (Lipinski definition) is 4. The fourth-order valence-corrected chi connectivity index (χ4v) is 7.48. The molecule has 1 unspecified atom stereocenters. The number of carbonyl (C=O) groups is 2. The van der Waals surface area contributed by atoms with Gasteiger partial charge in [-0.05, 0) is 103 Å². The SMILES string of the molecule is Cc1cccc(C)c1C(=O)NC1c2cc(C(=O)N3CCC4(CC3)CCN(c3ccncc3)CC4)ccc2CC1(C)C. The van der Waals surface area contributed by atoms with Crippen LogP contribution in [0.3, 0.4) is 0 Å². The van der Waals surface area contributed by atoms with E-state index in [0.29, 0.717) is 5.41 Å². The Labute approximate surface area is 244 Å². The Balaban J connectivity index is 1.13. The van der Waals surface area contributed by atoms with Crippen LogP contribution in [0.1, 0.15) is 88.5 Å². The molecule has 1 atom stereocenters. The number of amides is 2. The van der Waals surface area contributed by atoms with Crippen LogP contribution in [0.4, 0.5) is 5.69 Å². The minimum absolute atomic E-state index is 0.0421. The number of nitrogens with one attached hydrogen (secondary N) is 1. The van der Waals surface area contributed by atoms with E-state index in [1.807, 2.05) is 55.4 Å². The van der Waals surface area contributed by atoms with Crippen LogP contribution < -0.4 is 10.2 Å². The van der Waals surface area contributed by atoms with E-state index in [4.69, 9.17) is 0 Å². The fourth-order valence-electron chi connectivity index (χ4n) is 7.48. The fraction of sp³-hybridized carbons (Fsp3) is 0.457. The van der Waals surface area contributed by atoms with Crippen LogP contribution in [0.15, 0.2) is 60.9 Å². The third-order valence-corrected chi connectivity index (χ3v) is 10.1. The van der Waals surface area contributed by atoms with E-state index in [-0.39, 0.29) is 23.3 Å². The summed E-state index contributed by atoms with van der Waals surface area (Å²) in [5, 5.41) is 3.35. The molecule has 2 amide bonds. The minimum atomic E-state index is -0.146. The largest absolute Gasteiger partial charge is 0.371 e. The van der Waals surface area contributed by atoms with Crippen molar-refractivity contribution in [3.63, 3.8) is 0 Å². The summed E-state index contributed by atoms with van der Waals surface area (Å²) in [5.74, 6) is 0.0703. The molecule has 3 aromatic rings. The molecule has 6 heteroatoms. The Morgan fingerprint density at radius 3 is 2.17 bits per heavy atom. The Kier molecular flexibility index (Phi) is 7.13. The van der Waals surface area contributed by atoms with E-state index in [2.05, 4.69) is 53.3 Å². The smallest absolute Gasteiger partial charge is 0.253 e. The molecule has 3 aliphatic rings. The molecule has 0 radical (unpaired) electrons. The van der Waals surface area contributed by atoms with Crippen LogP contribution in [-0.4, -0.2) is 47.9 Å². The van der Waals surface area contributed by atoms with Gasteiger partial charge in [0, 0.05) is 55.4 Å². The van der Waals surface area contributed by atoms with Crippen LogP contribution in [0, 0.1) is 24.7 Å². The number of pyridine rings is 1. The first-order valence-corrected chi connectivity index (χ1v) is 15.1. The van der Waals surface area contributed by atoms with Crippen molar-refractivity contribution >= 4 is 17.5 Å². The number of carbonyl (C=O) groups excluding carboxylic acids is 2. The highest BCUT2D eigenvalue weighted by Gasteiger charge is 2.42. The van der Waals surface area contributed by atoms with Crippen molar-refractivity contribution in [2.45, 2.75) is 65.8 Å². The van der Waals surface area contributed by atoms with Gasteiger partial charge in [0.15, 0.2) is 0 Å². The molecule has 214 valence electrons. The molecule has 1 aromatic heterocycles. The van der Waals surface area contributed by atoms with Crippen LogP contribution in [0.2, 0.25) is 0 Å². The molecule has 0 bridgehead atoms. The summed E-state index contributed by atoms with van der Waals surface area (Å²) in [6, 6.07) is 16.2. The van der Waals surface area contributed by atoms with Crippen molar-refractivity contribution in [1.29, 1.82) is 0 Å². The van der Waals surface area contributed by atoms with Gasteiger partial charge in [0.25, 0.3) is 11.8 Å². The minimum Gasteiger partial charge on any atom is -0.371 e. The van der Waals surface area contributed by atoms with E-state index in [0.717, 1.165) is 73.3 Å². The topological polar surface area (TPSA) is 65.5 Å². The summed E-state index contributed by atoms with van der Waals surface area (Å²) in [7, 11) is 0. The Bertz CT molecular complexity index is 1430. The highest BCUT2D eigenvalue weighted by molar-refractivity contribution is 5.98. The monoisotopic (exact) mass is 550 g/mol. The molecule has 6 rings (SSSR count). The number of aryl methyl sites for hydroxylation is 2. The lowest BCUT2D eigenvalue weighted by Crippen LogP contribution is -2.48. The van der Waals surface area contributed by atoms with E-state index in [9.17, 15) is 9.59 Å². The average molecular weight is 551 g/mol. The number of fused-ring (bicyclic) bond motifs is 1. The van der Waals surface area contributed by atoms with Gasteiger partial charge in [-0.15, -0.1) is 0 Å². The second-order valence-corrected chi connectivity index (χ2v) is 13.2.